The summed E-state index contributed by atoms with van der Waals surface area (Å²) in [6.45, 7) is 4.23. The van der Waals surface area contributed by atoms with Crippen molar-refractivity contribution in [3.8, 4) is 10.6 Å². The largest absolute Gasteiger partial charge is 0.351 e. The normalized spacial score (nSPS) is 10.8. The van der Waals surface area contributed by atoms with Crippen LogP contribution < -0.4 is 5.32 Å². The van der Waals surface area contributed by atoms with Crippen LogP contribution in [0.4, 0.5) is 8.78 Å². The summed E-state index contributed by atoms with van der Waals surface area (Å²) in [4.78, 5) is 17.7. The quantitative estimate of drug-likeness (QED) is 0.707. The summed E-state index contributed by atoms with van der Waals surface area (Å²) in [5.74, 6) is -2.47. The van der Waals surface area contributed by atoms with Gasteiger partial charge < -0.3 is 5.32 Å². The van der Waals surface area contributed by atoms with E-state index in [0.29, 0.717) is 6.42 Å². The minimum atomic E-state index is -0.863. The predicted molar refractivity (Wildman–Crippen MR) is 99.4 cm³/mol. The smallest absolute Gasteiger partial charge is 0.257 e. The highest BCUT2D eigenvalue weighted by Crippen LogP contribution is 2.28. The van der Waals surface area contributed by atoms with Gasteiger partial charge in [0.1, 0.15) is 22.2 Å². The molecular weight excluding hydrogens is 354 g/mol. The molecule has 6 heteroatoms. The first kappa shape index (κ1) is 18.2. The molecule has 0 aliphatic rings. The fourth-order valence-corrected chi connectivity index (χ4v) is 3.71. The van der Waals surface area contributed by atoms with Crippen molar-refractivity contribution >= 4 is 17.2 Å². The number of carbonyl (C=O) groups is 1. The third-order valence-electron chi connectivity index (χ3n) is 3.99. The molecule has 134 valence electrons. The van der Waals surface area contributed by atoms with Gasteiger partial charge in [0, 0.05) is 23.4 Å². The van der Waals surface area contributed by atoms with E-state index in [2.05, 4.69) is 16.4 Å². The Balaban J connectivity index is 1.66. The van der Waals surface area contributed by atoms with E-state index in [9.17, 15) is 13.6 Å². The van der Waals surface area contributed by atoms with E-state index in [4.69, 9.17) is 0 Å². The number of halogens is 2. The van der Waals surface area contributed by atoms with Gasteiger partial charge in [-0.05, 0) is 32.0 Å². The van der Waals surface area contributed by atoms with E-state index in [1.54, 1.807) is 11.3 Å². The summed E-state index contributed by atoms with van der Waals surface area (Å²) in [6.07, 6.45) is 0.553. The maximum absolute atomic E-state index is 13.6. The van der Waals surface area contributed by atoms with Crippen molar-refractivity contribution in [2.24, 2.45) is 0 Å². The van der Waals surface area contributed by atoms with Crippen LogP contribution >= 0.6 is 11.3 Å². The highest BCUT2D eigenvalue weighted by Gasteiger charge is 2.17. The Bertz CT molecular complexity index is 932. The molecule has 0 aliphatic carbocycles. The third kappa shape index (κ3) is 3.96. The van der Waals surface area contributed by atoms with Crippen molar-refractivity contribution in [2.45, 2.75) is 20.3 Å². The molecule has 26 heavy (non-hydrogen) atoms. The molecule has 2 aromatic carbocycles. The van der Waals surface area contributed by atoms with E-state index >= 15 is 0 Å². The molecule has 0 fully saturated rings. The lowest BCUT2D eigenvalue weighted by molar-refractivity contribution is 0.0945. The van der Waals surface area contributed by atoms with E-state index in [1.807, 2.05) is 32.0 Å². The van der Waals surface area contributed by atoms with Crippen LogP contribution in [0.15, 0.2) is 42.5 Å². The molecule has 1 N–H and O–H groups in total. The maximum Gasteiger partial charge on any atom is 0.257 e. The third-order valence-corrected chi connectivity index (χ3v) is 5.25. The Morgan fingerprint density at radius 3 is 2.50 bits per heavy atom. The van der Waals surface area contributed by atoms with Crippen molar-refractivity contribution in [2.75, 3.05) is 6.54 Å². The number of benzene rings is 2. The predicted octanol–water partition coefficient (Wildman–Crippen LogP) is 4.68. The number of hydrogen-bond acceptors (Lipinski definition) is 3. The molecule has 0 atom stereocenters. The molecule has 0 saturated heterocycles. The molecule has 3 aromatic rings. The number of thiazole rings is 1. The minimum Gasteiger partial charge on any atom is -0.351 e. The van der Waals surface area contributed by atoms with Gasteiger partial charge in [0.25, 0.3) is 5.91 Å². The molecule has 3 nitrogen and oxygen atoms in total. The van der Waals surface area contributed by atoms with Crippen molar-refractivity contribution < 1.29 is 13.6 Å². The summed E-state index contributed by atoms with van der Waals surface area (Å²) in [7, 11) is 0. The summed E-state index contributed by atoms with van der Waals surface area (Å²) in [5, 5.41) is 3.50. The van der Waals surface area contributed by atoms with Gasteiger partial charge in [-0.25, -0.2) is 13.8 Å². The molecule has 0 saturated carbocycles. The van der Waals surface area contributed by atoms with Crippen LogP contribution in [0.5, 0.6) is 0 Å². The number of amides is 1. The van der Waals surface area contributed by atoms with Crippen LogP contribution in [-0.2, 0) is 6.42 Å². The number of nitrogens with one attached hydrogen (secondary N) is 1. The summed E-state index contributed by atoms with van der Waals surface area (Å²) >= 11 is 1.56. The van der Waals surface area contributed by atoms with Crippen LogP contribution in [0.1, 0.15) is 26.5 Å². The first-order valence-corrected chi connectivity index (χ1v) is 9.03. The second-order valence-corrected chi connectivity index (χ2v) is 7.08. The number of nitrogens with zero attached hydrogens (tertiary/aromatic N) is 1. The molecule has 1 amide bonds. The Kier molecular flexibility index (Phi) is 5.42. The van der Waals surface area contributed by atoms with Gasteiger partial charge >= 0.3 is 0 Å². The van der Waals surface area contributed by atoms with Gasteiger partial charge in [-0.3, -0.25) is 4.79 Å². The van der Waals surface area contributed by atoms with Gasteiger partial charge in [-0.1, -0.05) is 29.8 Å². The second-order valence-electron chi connectivity index (χ2n) is 6.00. The molecule has 3 rings (SSSR count). The Morgan fingerprint density at radius 1 is 1.12 bits per heavy atom. The molecule has 1 heterocycles. The number of rotatable bonds is 5. The standard InChI is InChI=1S/C20H18F2N2OS/c1-12-5-3-6-14(11-12)20-24-13(2)17(26-20)9-10-23-19(25)18-15(21)7-4-8-16(18)22/h3-8,11H,9-10H2,1-2H3,(H,23,25). The van der Waals surface area contributed by atoms with Gasteiger partial charge in [-0.2, -0.15) is 0 Å². The zero-order valence-corrected chi connectivity index (χ0v) is 15.3. The minimum absolute atomic E-state index is 0.281. The van der Waals surface area contributed by atoms with E-state index < -0.39 is 23.1 Å². The Hall–Kier alpha value is -2.60. The molecule has 0 bridgehead atoms. The van der Waals surface area contributed by atoms with Gasteiger partial charge in [0.05, 0.1) is 5.69 Å². The summed E-state index contributed by atoms with van der Waals surface area (Å²) in [5.41, 5.74) is 2.57. The molecule has 0 radical (unpaired) electrons. The van der Waals surface area contributed by atoms with Crippen LogP contribution in [0, 0.1) is 25.5 Å². The zero-order chi connectivity index (χ0) is 18.7. The Labute approximate surface area is 154 Å². The SMILES string of the molecule is Cc1cccc(-c2nc(C)c(CCNC(=O)c3c(F)cccc3F)s2)c1. The molecule has 0 aliphatic heterocycles. The first-order valence-electron chi connectivity index (χ1n) is 8.21. The van der Waals surface area contributed by atoms with Crippen LogP contribution in [0.2, 0.25) is 0 Å². The lowest BCUT2D eigenvalue weighted by Crippen LogP contribution is -2.27. The van der Waals surface area contributed by atoms with Crippen LogP contribution in [0.25, 0.3) is 10.6 Å². The van der Waals surface area contributed by atoms with Gasteiger partial charge in [0.15, 0.2) is 0 Å². The second kappa shape index (κ2) is 7.74. The molecule has 0 unspecified atom stereocenters. The van der Waals surface area contributed by atoms with Crippen molar-refractivity contribution in [3.63, 3.8) is 0 Å². The maximum atomic E-state index is 13.6. The lowest BCUT2D eigenvalue weighted by atomic mass is 10.1. The lowest BCUT2D eigenvalue weighted by Gasteiger charge is -2.06. The summed E-state index contributed by atoms with van der Waals surface area (Å²) < 4.78 is 27.3. The molecule has 1 aromatic heterocycles. The van der Waals surface area contributed by atoms with Crippen molar-refractivity contribution in [1.82, 2.24) is 10.3 Å². The first-order chi connectivity index (χ1) is 12.5. The zero-order valence-electron chi connectivity index (χ0n) is 14.5. The number of aryl methyl sites for hydroxylation is 2. The van der Waals surface area contributed by atoms with Gasteiger partial charge in [0.2, 0.25) is 0 Å². The van der Waals surface area contributed by atoms with E-state index in [-0.39, 0.29) is 6.54 Å². The van der Waals surface area contributed by atoms with E-state index in [0.717, 1.165) is 38.8 Å². The summed E-state index contributed by atoms with van der Waals surface area (Å²) in [6, 6.07) is 11.5. The molecular formula is C20H18F2N2OS. The topological polar surface area (TPSA) is 42.0 Å². The average Bonchev–Trinajstić information content (AvgIpc) is 2.96. The van der Waals surface area contributed by atoms with Crippen LogP contribution in [0.3, 0.4) is 0 Å². The fraction of sp³-hybridized carbons (Fsp3) is 0.200. The number of aromatic nitrogens is 1. The van der Waals surface area contributed by atoms with Crippen LogP contribution in [-0.4, -0.2) is 17.4 Å². The van der Waals surface area contributed by atoms with Gasteiger partial charge in [-0.15, -0.1) is 11.3 Å². The highest BCUT2D eigenvalue weighted by atomic mass is 32.1. The monoisotopic (exact) mass is 372 g/mol. The number of carbonyl (C=O) groups excluding carboxylic acids is 1. The fourth-order valence-electron chi connectivity index (χ4n) is 2.65. The van der Waals surface area contributed by atoms with Crippen molar-refractivity contribution in [1.29, 1.82) is 0 Å². The molecule has 0 spiro atoms. The van der Waals surface area contributed by atoms with Crippen molar-refractivity contribution in [3.05, 3.63) is 75.8 Å². The Morgan fingerprint density at radius 2 is 1.81 bits per heavy atom. The van der Waals surface area contributed by atoms with E-state index in [1.165, 1.54) is 6.07 Å². The average molecular weight is 372 g/mol. The number of hydrogen-bond donors (Lipinski definition) is 1. The highest BCUT2D eigenvalue weighted by molar-refractivity contribution is 7.15.